The zero-order chi connectivity index (χ0) is 23.4. The molecule has 0 aromatic carbocycles. The summed E-state index contributed by atoms with van der Waals surface area (Å²) in [6, 6.07) is 0. The highest BCUT2D eigenvalue weighted by atomic mass is 32.1. The van der Waals surface area contributed by atoms with Crippen molar-refractivity contribution in [2.75, 3.05) is 6.54 Å². The molecule has 0 amide bonds. The van der Waals surface area contributed by atoms with E-state index in [0.717, 1.165) is 13.0 Å². The van der Waals surface area contributed by atoms with Crippen molar-refractivity contribution in [2.24, 2.45) is 0 Å². The molecule has 32 heavy (non-hydrogen) atoms. The van der Waals surface area contributed by atoms with Crippen molar-refractivity contribution in [1.82, 2.24) is 10.6 Å². The highest BCUT2D eigenvalue weighted by molar-refractivity contribution is 7.80. The number of thiocarbonyl (C=S) groups is 1. The number of hydrogen-bond donors (Lipinski definition) is 4. The Kier molecular flexibility index (Phi) is 17.5. The van der Waals surface area contributed by atoms with E-state index >= 15 is 0 Å². The first-order valence-electron chi connectivity index (χ1n) is 13.0. The lowest BCUT2D eigenvalue weighted by molar-refractivity contribution is -0.0562. The summed E-state index contributed by atoms with van der Waals surface area (Å²) in [4.78, 5) is 0. The molecule has 5 nitrogen and oxygen atoms in total. The van der Waals surface area contributed by atoms with Gasteiger partial charge in [-0.15, -0.1) is 0 Å². The molecule has 0 spiro atoms. The molecule has 0 aliphatic carbocycles. The van der Waals surface area contributed by atoms with E-state index in [2.05, 4.69) is 17.6 Å². The second-order valence-electron chi connectivity index (χ2n) is 9.04. The SMILES string of the molecule is CCCCCCCCCCCCCCCCCCNC(=S)N/C=C1/C(O)C=C(C)OC1O. The van der Waals surface area contributed by atoms with Gasteiger partial charge in [0.1, 0.15) is 6.10 Å². The average Bonchev–Trinajstić information content (AvgIpc) is 2.75. The topological polar surface area (TPSA) is 73.8 Å². The minimum Gasteiger partial charge on any atom is -0.466 e. The number of allylic oxidation sites excluding steroid dienone is 1. The molecule has 1 rings (SSSR count). The molecular formula is C26H48N2O3S. The zero-order valence-electron chi connectivity index (χ0n) is 20.5. The fraction of sp³-hybridized carbons (Fsp3) is 0.808. The summed E-state index contributed by atoms with van der Waals surface area (Å²) in [5.74, 6) is 0.506. The van der Waals surface area contributed by atoms with Gasteiger partial charge in [-0.1, -0.05) is 103 Å². The van der Waals surface area contributed by atoms with Crippen LogP contribution in [0.15, 0.2) is 23.6 Å². The molecule has 6 heteroatoms. The number of hydrogen-bond acceptors (Lipinski definition) is 4. The molecule has 0 aromatic heterocycles. The Hall–Kier alpha value is -1.11. The number of unbranched alkanes of at least 4 members (excludes halogenated alkanes) is 15. The van der Waals surface area contributed by atoms with E-state index in [-0.39, 0.29) is 0 Å². The van der Waals surface area contributed by atoms with Crippen LogP contribution in [-0.4, -0.2) is 34.3 Å². The number of ether oxygens (including phenoxy) is 1. The predicted octanol–water partition coefficient (Wildman–Crippen LogP) is 6.21. The molecule has 186 valence electrons. The largest absolute Gasteiger partial charge is 0.466 e. The molecule has 2 unspecified atom stereocenters. The molecule has 0 fully saturated rings. The lowest BCUT2D eigenvalue weighted by Gasteiger charge is -2.25. The first kappa shape index (κ1) is 28.9. The van der Waals surface area contributed by atoms with Crippen molar-refractivity contribution < 1.29 is 14.9 Å². The Morgan fingerprint density at radius 1 is 0.875 bits per heavy atom. The summed E-state index contributed by atoms with van der Waals surface area (Å²) >= 11 is 5.25. The summed E-state index contributed by atoms with van der Waals surface area (Å²) < 4.78 is 5.18. The molecule has 0 saturated carbocycles. The second-order valence-corrected chi connectivity index (χ2v) is 9.45. The smallest absolute Gasteiger partial charge is 0.224 e. The number of rotatable bonds is 18. The van der Waals surface area contributed by atoms with E-state index in [4.69, 9.17) is 17.0 Å². The Morgan fingerprint density at radius 2 is 1.34 bits per heavy atom. The fourth-order valence-corrected chi connectivity index (χ4v) is 4.14. The first-order chi connectivity index (χ1) is 15.5. The average molecular weight is 469 g/mol. The van der Waals surface area contributed by atoms with Gasteiger partial charge in [-0.05, 0) is 31.6 Å². The van der Waals surface area contributed by atoms with Gasteiger partial charge < -0.3 is 25.6 Å². The standard InChI is InChI=1S/C26H48N2O3S/c1-3-4-5-6-7-8-9-10-11-12-13-14-15-16-17-18-19-27-26(32)28-21-23-24(29)20-22(2)31-25(23)30/h20-21,24-25,29-30H,3-19H2,1-2H3,(H2,27,28,32)/b23-21-. The van der Waals surface area contributed by atoms with Gasteiger partial charge in [0.15, 0.2) is 5.11 Å². The minimum atomic E-state index is -1.15. The maximum atomic E-state index is 9.97. The highest BCUT2D eigenvalue weighted by Crippen LogP contribution is 2.20. The number of nitrogens with one attached hydrogen (secondary N) is 2. The van der Waals surface area contributed by atoms with Gasteiger partial charge in [0, 0.05) is 18.3 Å². The molecule has 0 aromatic rings. The highest BCUT2D eigenvalue weighted by Gasteiger charge is 2.24. The fourth-order valence-electron chi connectivity index (χ4n) is 3.98. The van der Waals surface area contributed by atoms with Gasteiger partial charge in [0.05, 0.1) is 5.76 Å². The molecule has 4 N–H and O–H groups in total. The van der Waals surface area contributed by atoms with Crippen molar-refractivity contribution in [3.63, 3.8) is 0 Å². The molecule has 1 aliphatic heterocycles. The zero-order valence-corrected chi connectivity index (χ0v) is 21.4. The van der Waals surface area contributed by atoms with E-state index in [1.165, 1.54) is 103 Å². The van der Waals surface area contributed by atoms with E-state index in [1.807, 2.05) is 0 Å². The first-order valence-corrected chi connectivity index (χ1v) is 13.4. The quantitative estimate of drug-likeness (QED) is 0.142. The van der Waals surface area contributed by atoms with Crippen LogP contribution in [0.5, 0.6) is 0 Å². The Morgan fingerprint density at radius 3 is 1.81 bits per heavy atom. The monoisotopic (exact) mass is 468 g/mol. The third kappa shape index (κ3) is 14.9. The Balaban J connectivity index is 1.87. The summed E-state index contributed by atoms with van der Waals surface area (Å²) in [5, 5.41) is 26.4. The van der Waals surface area contributed by atoms with Crippen molar-refractivity contribution in [3.05, 3.63) is 23.6 Å². The van der Waals surface area contributed by atoms with Crippen molar-refractivity contribution in [2.45, 2.75) is 129 Å². The summed E-state index contributed by atoms with van der Waals surface area (Å²) in [5.41, 5.74) is 0.349. The van der Waals surface area contributed by atoms with Crippen LogP contribution in [0.1, 0.15) is 117 Å². The second kappa shape index (κ2) is 19.4. The van der Waals surface area contributed by atoms with Crippen molar-refractivity contribution in [3.8, 4) is 0 Å². The third-order valence-electron chi connectivity index (χ3n) is 6.00. The Bertz CT molecular complexity index is 551. The predicted molar refractivity (Wildman–Crippen MR) is 138 cm³/mol. The van der Waals surface area contributed by atoms with Crippen LogP contribution in [0, 0.1) is 0 Å². The van der Waals surface area contributed by atoms with E-state index in [9.17, 15) is 10.2 Å². The molecule has 0 radical (unpaired) electrons. The van der Waals surface area contributed by atoms with Crippen LogP contribution in [0.2, 0.25) is 0 Å². The van der Waals surface area contributed by atoms with E-state index < -0.39 is 12.4 Å². The van der Waals surface area contributed by atoms with Crippen LogP contribution in [0.25, 0.3) is 0 Å². The van der Waals surface area contributed by atoms with Gasteiger partial charge in [-0.3, -0.25) is 0 Å². The molecule has 1 heterocycles. The van der Waals surface area contributed by atoms with Gasteiger partial charge >= 0.3 is 0 Å². The molecule has 2 atom stereocenters. The van der Waals surface area contributed by atoms with E-state index in [0.29, 0.717) is 16.4 Å². The summed E-state index contributed by atoms with van der Waals surface area (Å²) in [6.45, 7) is 4.80. The minimum absolute atomic E-state index is 0.349. The molecule has 1 aliphatic rings. The van der Waals surface area contributed by atoms with Crippen LogP contribution in [0.4, 0.5) is 0 Å². The van der Waals surface area contributed by atoms with Gasteiger partial charge in [-0.2, -0.15) is 0 Å². The molecular weight excluding hydrogens is 420 g/mol. The van der Waals surface area contributed by atoms with Crippen LogP contribution < -0.4 is 10.6 Å². The molecule has 0 bridgehead atoms. The van der Waals surface area contributed by atoms with Crippen LogP contribution >= 0.6 is 12.2 Å². The lowest BCUT2D eigenvalue weighted by Crippen LogP contribution is -2.35. The maximum Gasteiger partial charge on any atom is 0.224 e. The van der Waals surface area contributed by atoms with Gasteiger partial charge in [0.2, 0.25) is 6.29 Å². The number of aliphatic hydroxyl groups is 2. The summed E-state index contributed by atoms with van der Waals surface area (Å²) in [7, 11) is 0. The maximum absolute atomic E-state index is 9.97. The number of aliphatic hydroxyl groups excluding tert-OH is 2. The molecule has 0 saturated heterocycles. The Labute approximate surface area is 202 Å². The lowest BCUT2D eigenvalue weighted by atomic mass is 10.0. The normalized spacial score (nSPS) is 19.5. The van der Waals surface area contributed by atoms with Crippen LogP contribution in [0.3, 0.4) is 0 Å². The van der Waals surface area contributed by atoms with Crippen molar-refractivity contribution >= 4 is 17.3 Å². The van der Waals surface area contributed by atoms with Crippen molar-refractivity contribution in [1.29, 1.82) is 0 Å². The van der Waals surface area contributed by atoms with Crippen LogP contribution in [-0.2, 0) is 4.74 Å². The van der Waals surface area contributed by atoms with Gasteiger partial charge in [0.25, 0.3) is 0 Å². The third-order valence-corrected chi connectivity index (χ3v) is 6.26. The van der Waals surface area contributed by atoms with E-state index in [1.54, 1.807) is 13.0 Å². The summed E-state index contributed by atoms with van der Waals surface area (Å²) in [6.07, 6.45) is 22.9. The van der Waals surface area contributed by atoms with Gasteiger partial charge in [-0.25, -0.2) is 0 Å².